The number of carbonyl (C=O) groups is 1. The highest BCUT2D eigenvalue weighted by Crippen LogP contribution is 2.32. The molecule has 0 bridgehead atoms. The number of hydrogen-bond acceptors (Lipinski definition) is 3. The maximum absolute atomic E-state index is 11.6. The van der Waals surface area contributed by atoms with Crippen LogP contribution in [0.5, 0.6) is 0 Å². The Kier molecular flexibility index (Phi) is 4.10. The second-order valence-electron chi connectivity index (χ2n) is 4.24. The largest absolute Gasteiger partial charge is 0.469 e. The molecule has 1 aromatic carbocycles. The first-order valence-electron chi connectivity index (χ1n) is 4.99. The Morgan fingerprint density at radius 3 is 2.31 bits per heavy atom. The Morgan fingerprint density at radius 2 is 1.88 bits per heavy atom. The van der Waals surface area contributed by atoms with Gasteiger partial charge in [-0.3, -0.25) is 4.79 Å². The fraction of sp³-hybridized carbons (Fsp3) is 0.417. The summed E-state index contributed by atoms with van der Waals surface area (Å²) < 4.78 is 5.74. The first kappa shape index (κ1) is 13.2. The van der Waals surface area contributed by atoms with Crippen LogP contribution in [0.4, 0.5) is 0 Å². The van der Waals surface area contributed by atoms with Crippen molar-refractivity contribution in [3.8, 4) is 0 Å². The third-order valence-electron chi connectivity index (χ3n) is 2.72. The second kappa shape index (κ2) is 4.97. The van der Waals surface area contributed by atoms with Crippen LogP contribution in [0.2, 0.25) is 0 Å². The molecule has 0 unspecified atom stereocenters. The van der Waals surface area contributed by atoms with Crippen LogP contribution >= 0.6 is 15.9 Å². The van der Waals surface area contributed by atoms with Crippen molar-refractivity contribution in [2.45, 2.75) is 19.9 Å². The lowest BCUT2D eigenvalue weighted by Gasteiger charge is -2.28. The van der Waals surface area contributed by atoms with Gasteiger partial charge in [-0.05, 0) is 31.5 Å². The molecule has 1 rings (SSSR count). The van der Waals surface area contributed by atoms with E-state index in [0.717, 1.165) is 10.0 Å². The average molecular weight is 286 g/mol. The minimum absolute atomic E-state index is 0.303. The Bertz CT molecular complexity index is 373. The van der Waals surface area contributed by atoms with Crippen molar-refractivity contribution >= 4 is 21.9 Å². The van der Waals surface area contributed by atoms with Crippen LogP contribution in [0.3, 0.4) is 0 Å². The zero-order valence-corrected chi connectivity index (χ0v) is 11.2. The van der Waals surface area contributed by atoms with Crippen molar-refractivity contribution in [2.24, 2.45) is 11.1 Å². The van der Waals surface area contributed by atoms with Gasteiger partial charge in [0.25, 0.3) is 0 Å². The van der Waals surface area contributed by atoms with Crippen LogP contribution in [0.1, 0.15) is 25.5 Å². The Morgan fingerprint density at radius 1 is 1.38 bits per heavy atom. The molecule has 3 nitrogen and oxygen atoms in total. The first-order chi connectivity index (χ1) is 7.39. The van der Waals surface area contributed by atoms with Gasteiger partial charge in [0.05, 0.1) is 12.5 Å². The lowest BCUT2D eigenvalue weighted by atomic mass is 9.81. The summed E-state index contributed by atoms with van der Waals surface area (Å²) in [6, 6.07) is 7.23. The highest BCUT2D eigenvalue weighted by Gasteiger charge is 2.36. The molecule has 0 saturated carbocycles. The number of rotatable bonds is 3. The van der Waals surface area contributed by atoms with Gasteiger partial charge in [0.2, 0.25) is 0 Å². The van der Waals surface area contributed by atoms with Crippen molar-refractivity contribution in [1.29, 1.82) is 0 Å². The van der Waals surface area contributed by atoms with Gasteiger partial charge in [0.15, 0.2) is 0 Å². The number of methoxy groups -OCH3 is 1. The third-order valence-corrected chi connectivity index (χ3v) is 3.25. The molecule has 0 heterocycles. The van der Waals surface area contributed by atoms with Gasteiger partial charge in [0, 0.05) is 10.5 Å². The molecular weight excluding hydrogens is 270 g/mol. The summed E-state index contributed by atoms with van der Waals surface area (Å²) in [6.45, 7) is 3.57. The predicted molar refractivity (Wildman–Crippen MR) is 66.9 cm³/mol. The number of esters is 1. The molecule has 0 amide bonds. The number of benzene rings is 1. The van der Waals surface area contributed by atoms with Crippen molar-refractivity contribution < 1.29 is 9.53 Å². The van der Waals surface area contributed by atoms with E-state index in [-0.39, 0.29) is 12.0 Å². The van der Waals surface area contributed by atoms with Crippen LogP contribution in [-0.4, -0.2) is 13.1 Å². The van der Waals surface area contributed by atoms with Crippen LogP contribution in [0.15, 0.2) is 28.7 Å². The fourth-order valence-corrected chi connectivity index (χ4v) is 1.74. The summed E-state index contributed by atoms with van der Waals surface area (Å²) in [5.74, 6) is -0.303. The van der Waals surface area contributed by atoms with E-state index < -0.39 is 5.41 Å². The normalized spacial score (nSPS) is 13.3. The van der Waals surface area contributed by atoms with E-state index in [1.807, 2.05) is 24.3 Å². The van der Waals surface area contributed by atoms with Gasteiger partial charge in [-0.2, -0.15) is 0 Å². The number of ether oxygens (including phenoxy) is 1. The molecule has 0 radical (unpaired) electrons. The van der Waals surface area contributed by atoms with Gasteiger partial charge in [-0.25, -0.2) is 0 Å². The predicted octanol–water partition coefficient (Wildman–Crippen LogP) is 2.65. The number of nitrogens with two attached hydrogens (primary N) is 1. The molecule has 1 aromatic rings. The van der Waals surface area contributed by atoms with Crippen molar-refractivity contribution in [1.82, 2.24) is 0 Å². The van der Waals surface area contributed by atoms with Crippen molar-refractivity contribution in [3.63, 3.8) is 0 Å². The average Bonchev–Trinajstić information content (AvgIpc) is 2.28. The molecule has 0 aromatic heterocycles. The minimum Gasteiger partial charge on any atom is -0.469 e. The summed E-state index contributed by atoms with van der Waals surface area (Å²) >= 11 is 3.36. The van der Waals surface area contributed by atoms with E-state index in [4.69, 9.17) is 10.5 Å². The standard InChI is InChI=1S/C12H16BrNO2/c1-12(2,11(15)16-3)10(14)8-4-6-9(13)7-5-8/h4-7,10H,14H2,1-3H3/t10-/m0/s1. The van der Waals surface area contributed by atoms with E-state index >= 15 is 0 Å². The van der Waals surface area contributed by atoms with Crippen LogP contribution in [0, 0.1) is 5.41 Å². The quantitative estimate of drug-likeness (QED) is 0.869. The van der Waals surface area contributed by atoms with Crippen molar-refractivity contribution in [3.05, 3.63) is 34.3 Å². The highest BCUT2D eigenvalue weighted by atomic mass is 79.9. The topological polar surface area (TPSA) is 52.3 Å². The molecule has 88 valence electrons. The van der Waals surface area contributed by atoms with Crippen LogP contribution in [-0.2, 0) is 9.53 Å². The van der Waals surface area contributed by atoms with Crippen LogP contribution < -0.4 is 5.73 Å². The molecule has 0 aliphatic rings. The smallest absolute Gasteiger partial charge is 0.313 e. The van der Waals surface area contributed by atoms with E-state index in [1.165, 1.54) is 7.11 Å². The summed E-state index contributed by atoms with van der Waals surface area (Å²) in [4.78, 5) is 11.6. The summed E-state index contributed by atoms with van der Waals surface area (Å²) in [7, 11) is 1.37. The van der Waals surface area contributed by atoms with Crippen molar-refractivity contribution in [2.75, 3.05) is 7.11 Å². The van der Waals surface area contributed by atoms with Gasteiger partial charge < -0.3 is 10.5 Å². The molecule has 1 atom stereocenters. The van der Waals surface area contributed by atoms with E-state index in [1.54, 1.807) is 13.8 Å². The van der Waals surface area contributed by atoms with Gasteiger partial charge in [-0.1, -0.05) is 28.1 Å². The van der Waals surface area contributed by atoms with E-state index in [9.17, 15) is 4.79 Å². The van der Waals surface area contributed by atoms with Gasteiger partial charge >= 0.3 is 5.97 Å². The Labute approximate surface area is 104 Å². The SMILES string of the molecule is COC(=O)C(C)(C)[C@@H](N)c1ccc(Br)cc1. The molecule has 0 aliphatic carbocycles. The Hall–Kier alpha value is -0.870. The molecule has 4 heteroatoms. The maximum atomic E-state index is 11.6. The molecule has 0 saturated heterocycles. The fourth-order valence-electron chi connectivity index (χ4n) is 1.48. The second-order valence-corrected chi connectivity index (χ2v) is 5.16. The highest BCUT2D eigenvalue weighted by molar-refractivity contribution is 9.10. The number of hydrogen-bond donors (Lipinski definition) is 1. The summed E-state index contributed by atoms with van der Waals surface area (Å²) in [5, 5.41) is 0. The molecule has 2 N–H and O–H groups in total. The van der Waals surface area contributed by atoms with Gasteiger partial charge in [0.1, 0.15) is 0 Å². The lowest BCUT2D eigenvalue weighted by Crippen LogP contribution is -2.37. The first-order valence-corrected chi connectivity index (χ1v) is 5.78. The summed E-state index contributed by atoms with van der Waals surface area (Å²) in [5.41, 5.74) is 6.27. The van der Waals surface area contributed by atoms with E-state index in [2.05, 4.69) is 15.9 Å². The molecule has 0 spiro atoms. The molecule has 0 aliphatic heterocycles. The molecular formula is C12H16BrNO2. The third kappa shape index (κ3) is 2.62. The van der Waals surface area contributed by atoms with E-state index in [0.29, 0.717) is 0 Å². The number of carbonyl (C=O) groups excluding carboxylic acids is 1. The zero-order valence-electron chi connectivity index (χ0n) is 9.66. The molecule has 16 heavy (non-hydrogen) atoms. The molecule has 0 fully saturated rings. The monoisotopic (exact) mass is 285 g/mol. The Balaban J connectivity index is 2.97. The zero-order chi connectivity index (χ0) is 12.3. The van der Waals surface area contributed by atoms with Gasteiger partial charge in [-0.15, -0.1) is 0 Å². The lowest BCUT2D eigenvalue weighted by molar-refractivity contribution is -0.152. The summed E-state index contributed by atoms with van der Waals surface area (Å²) in [6.07, 6.45) is 0. The maximum Gasteiger partial charge on any atom is 0.313 e. The number of halogens is 1. The van der Waals surface area contributed by atoms with Crippen LogP contribution in [0.25, 0.3) is 0 Å². The minimum atomic E-state index is -0.734.